The number of hydrogen-bond acceptors (Lipinski definition) is 0. The second-order valence-corrected chi connectivity index (χ2v) is 2.39. The van der Waals surface area contributed by atoms with Gasteiger partial charge in [-0.2, -0.15) is 0 Å². The van der Waals surface area contributed by atoms with E-state index in [2.05, 4.69) is 35.9 Å². The first-order chi connectivity index (χ1) is 3.85. The molecule has 0 aliphatic heterocycles. The molecule has 0 nitrogen and oxygen atoms in total. The quantitative estimate of drug-likeness (QED) is 0.459. The van der Waals surface area contributed by atoms with Crippen molar-refractivity contribution in [3.8, 4) is 0 Å². The topological polar surface area (TPSA) is 0 Å². The number of halogens is 1. The minimum Gasteiger partial charge on any atom is -0.0880 e. The maximum Gasteiger partial charge on any atom is 0.0241 e. The molecule has 0 saturated heterocycles. The van der Waals surface area contributed by atoms with Gasteiger partial charge in [-0.3, -0.25) is 0 Å². The minimum atomic E-state index is 1.04. The van der Waals surface area contributed by atoms with Crippen LogP contribution in [0, 0.1) is 0 Å². The highest BCUT2D eigenvalue weighted by molar-refractivity contribution is 9.09. The van der Waals surface area contributed by atoms with Crippen LogP contribution >= 0.6 is 15.9 Å². The summed E-state index contributed by atoms with van der Waals surface area (Å²) in [6, 6.07) is 0. The van der Waals surface area contributed by atoms with Gasteiger partial charge in [0.25, 0.3) is 0 Å². The molecule has 8 heavy (non-hydrogen) atoms. The number of rotatable bonds is 3. The Balaban J connectivity index is 3.38. The molecule has 0 rings (SSSR count). The molecule has 0 saturated carbocycles. The standard InChI is InChI=1S/C7H13Br/c1-3-5-7(4-2)6-8/h4H,3,5-6H2,1-2H3. The monoisotopic (exact) mass is 176 g/mol. The average molecular weight is 177 g/mol. The molecule has 0 radical (unpaired) electrons. The fourth-order valence-corrected chi connectivity index (χ4v) is 1.21. The zero-order valence-electron chi connectivity index (χ0n) is 5.58. The van der Waals surface area contributed by atoms with Gasteiger partial charge in [0, 0.05) is 5.33 Å². The van der Waals surface area contributed by atoms with E-state index >= 15 is 0 Å². The lowest BCUT2D eigenvalue weighted by atomic mass is 10.2. The summed E-state index contributed by atoms with van der Waals surface area (Å²) < 4.78 is 0. The maximum atomic E-state index is 3.41. The van der Waals surface area contributed by atoms with Crippen LogP contribution in [0.5, 0.6) is 0 Å². The number of alkyl halides is 1. The predicted molar refractivity (Wildman–Crippen MR) is 42.5 cm³/mol. The normalized spacial score (nSPS) is 12.1. The summed E-state index contributed by atoms with van der Waals surface area (Å²) in [5.74, 6) is 0. The summed E-state index contributed by atoms with van der Waals surface area (Å²) in [7, 11) is 0. The molecule has 0 unspecified atom stereocenters. The summed E-state index contributed by atoms with van der Waals surface area (Å²) in [5.41, 5.74) is 1.51. The van der Waals surface area contributed by atoms with Gasteiger partial charge in [-0.15, -0.1) is 0 Å². The molecule has 0 aliphatic rings. The Bertz CT molecular complexity index is 74.5. The Labute approximate surface area is 60.1 Å². The third-order valence-corrected chi connectivity index (χ3v) is 1.87. The van der Waals surface area contributed by atoms with Crippen LogP contribution in [-0.4, -0.2) is 5.33 Å². The van der Waals surface area contributed by atoms with Crippen LogP contribution in [0.3, 0.4) is 0 Å². The fourth-order valence-electron chi connectivity index (χ4n) is 0.609. The molecule has 1 heteroatoms. The molecule has 0 amide bonds. The van der Waals surface area contributed by atoms with E-state index in [1.54, 1.807) is 0 Å². The van der Waals surface area contributed by atoms with Crippen LogP contribution < -0.4 is 0 Å². The van der Waals surface area contributed by atoms with Gasteiger partial charge < -0.3 is 0 Å². The van der Waals surface area contributed by atoms with Crippen LogP contribution in [0.4, 0.5) is 0 Å². The molecular weight excluding hydrogens is 164 g/mol. The van der Waals surface area contributed by atoms with Gasteiger partial charge in [0.15, 0.2) is 0 Å². The highest BCUT2D eigenvalue weighted by Crippen LogP contribution is 2.06. The van der Waals surface area contributed by atoms with Crippen molar-refractivity contribution in [2.24, 2.45) is 0 Å². The van der Waals surface area contributed by atoms with Gasteiger partial charge in [-0.05, 0) is 13.3 Å². The van der Waals surface area contributed by atoms with E-state index in [-0.39, 0.29) is 0 Å². The van der Waals surface area contributed by atoms with Gasteiger partial charge in [-0.1, -0.05) is 40.9 Å². The van der Waals surface area contributed by atoms with Gasteiger partial charge in [0.1, 0.15) is 0 Å². The van der Waals surface area contributed by atoms with Crippen molar-refractivity contribution in [3.05, 3.63) is 11.6 Å². The first-order valence-electron chi connectivity index (χ1n) is 3.05. The zero-order valence-corrected chi connectivity index (χ0v) is 7.16. The Morgan fingerprint density at radius 1 is 1.62 bits per heavy atom. The zero-order chi connectivity index (χ0) is 6.41. The second kappa shape index (κ2) is 5.36. The lowest BCUT2D eigenvalue weighted by Crippen LogP contribution is -1.80. The lowest BCUT2D eigenvalue weighted by Gasteiger charge is -1.96. The van der Waals surface area contributed by atoms with Crippen LogP contribution in [0.1, 0.15) is 26.7 Å². The lowest BCUT2D eigenvalue weighted by molar-refractivity contribution is 0.908. The van der Waals surface area contributed by atoms with Crippen LogP contribution in [0.15, 0.2) is 11.6 Å². The van der Waals surface area contributed by atoms with Crippen molar-refractivity contribution in [2.75, 3.05) is 5.33 Å². The minimum absolute atomic E-state index is 1.04. The molecule has 0 atom stereocenters. The highest BCUT2D eigenvalue weighted by atomic mass is 79.9. The Kier molecular flexibility index (Phi) is 5.51. The van der Waals surface area contributed by atoms with E-state index in [9.17, 15) is 0 Å². The fraction of sp³-hybridized carbons (Fsp3) is 0.714. The maximum absolute atomic E-state index is 3.41. The van der Waals surface area contributed by atoms with Crippen molar-refractivity contribution >= 4 is 15.9 Å². The largest absolute Gasteiger partial charge is 0.0880 e. The smallest absolute Gasteiger partial charge is 0.0241 e. The summed E-state index contributed by atoms with van der Waals surface area (Å²) in [4.78, 5) is 0. The number of hydrogen-bond donors (Lipinski definition) is 0. The number of allylic oxidation sites excluding steroid dienone is 2. The summed E-state index contributed by atoms with van der Waals surface area (Å²) in [6.07, 6.45) is 4.67. The first-order valence-corrected chi connectivity index (χ1v) is 4.17. The molecule has 0 heterocycles. The van der Waals surface area contributed by atoms with E-state index in [0.29, 0.717) is 0 Å². The second-order valence-electron chi connectivity index (χ2n) is 1.83. The van der Waals surface area contributed by atoms with E-state index in [0.717, 1.165) is 5.33 Å². The van der Waals surface area contributed by atoms with Gasteiger partial charge in [-0.25, -0.2) is 0 Å². The van der Waals surface area contributed by atoms with Crippen molar-refractivity contribution in [1.82, 2.24) is 0 Å². The first kappa shape index (κ1) is 8.22. The summed E-state index contributed by atoms with van der Waals surface area (Å²) >= 11 is 3.41. The molecule has 0 aromatic rings. The SMILES string of the molecule is CC=C(CBr)CCC. The van der Waals surface area contributed by atoms with Crippen LogP contribution in [0.2, 0.25) is 0 Å². The predicted octanol–water partition coefficient (Wildman–Crippen LogP) is 3.13. The average Bonchev–Trinajstić information content (AvgIpc) is 1.83. The summed E-state index contributed by atoms with van der Waals surface area (Å²) in [5, 5.41) is 1.04. The molecular formula is C7H13Br. The van der Waals surface area contributed by atoms with Gasteiger partial charge in [0.05, 0.1) is 0 Å². The Morgan fingerprint density at radius 3 is 2.38 bits per heavy atom. The molecule has 0 fully saturated rings. The third kappa shape index (κ3) is 3.25. The Morgan fingerprint density at radius 2 is 2.25 bits per heavy atom. The molecule has 0 N–H and O–H groups in total. The van der Waals surface area contributed by atoms with E-state index < -0.39 is 0 Å². The summed E-state index contributed by atoms with van der Waals surface area (Å²) in [6.45, 7) is 4.29. The Hall–Kier alpha value is 0.220. The van der Waals surface area contributed by atoms with Crippen molar-refractivity contribution < 1.29 is 0 Å². The van der Waals surface area contributed by atoms with Crippen LogP contribution in [0.25, 0.3) is 0 Å². The third-order valence-electron chi connectivity index (χ3n) is 1.15. The molecule has 0 aliphatic carbocycles. The van der Waals surface area contributed by atoms with Crippen molar-refractivity contribution in [2.45, 2.75) is 26.7 Å². The van der Waals surface area contributed by atoms with E-state index in [4.69, 9.17) is 0 Å². The van der Waals surface area contributed by atoms with Gasteiger partial charge >= 0.3 is 0 Å². The molecule has 0 spiro atoms. The van der Waals surface area contributed by atoms with Crippen LogP contribution in [-0.2, 0) is 0 Å². The van der Waals surface area contributed by atoms with E-state index in [1.165, 1.54) is 18.4 Å². The van der Waals surface area contributed by atoms with Crippen molar-refractivity contribution in [3.63, 3.8) is 0 Å². The van der Waals surface area contributed by atoms with E-state index in [1.807, 2.05) is 0 Å². The molecule has 48 valence electrons. The molecule has 0 aromatic heterocycles. The van der Waals surface area contributed by atoms with Gasteiger partial charge in [0.2, 0.25) is 0 Å². The molecule has 0 aromatic carbocycles. The highest BCUT2D eigenvalue weighted by Gasteiger charge is 1.87. The molecule has 0 bridgehead atoms. The van der Waals surface area contributed by atoms with Crippen molar-refractivity contribution in [1.29, 1.82) is 0 Å².